The van der Waals surface area contributed by atoms with Gasteiger partial charge in [-0.1, -0.05) is 24.3 Å². The van der Waals surface area contributed by atoms with Crippen LogP contribution >= 0.6 is 0 Å². The van der Waals surface area contributed by atoms with Crippen molar-refractivity contribution in [2.75, 3.05) is 0 Å². The Labute approximate surface area is 142 Å². The molecule has 4 nitrogen and oxygen atoms in total. The number of halogens is 2. The summed E-state index contributed by atoms with van der Waals surface area (Å²) in [5.41, 5.74) is 0.807. The molecule has 0 aliphatic heterocycles. The summed E-state index contributed by atoms with van der Waals surface area (Å²) in [6.07, 6.45) is 0.524. The zero-order valence-electron chi connectivity index (χ0n) is 13.3. The fraction of sp³-hybridized carbons (Fsp3) is 0.211. The van der Waals surface area contributed by atoms with Crippen molar-refractivity contribution in [1.29, 1.82) is 0 Å². The average molecular weight is 342 g/mol. The molecule has 2 amide bonds. The predicted octanol–water partition coefficient (Wildman–Crippen LogP) is 4.07. The smallest absolute Gasteiger partial charge is 0.315 e. The van der Waals surface area contributed by atoms with Gasteiger partial charge in [0, 0.05) is 22.9 Å². The number of fused-ring (bicyclic) bond motifs is 1. The summed E-state index contributed by atoms with van der Waals surface area (Å²) >= 11 is 0. The highest BCUT2D eigenvalue weighted by atomic mass is 19.1. The van der Waals surface area contributed by atoms with Crippen LogP contribution in [0.1, 0.15) is 23.7 Å². The molecule has 1 saturated carbocycles. The van der Waals surface area contributed by atoms with E-state index in [9.17, 15) is 13.6 Å². The number of benzene rings is 2. The molecular formula is C19H16F2N2O2. The Morgan fingerprint density at radius 2 is 1.88 bits per heavy atom. The maximum atomic E-state index is 13.7. The van der Waals surface area contributed by atoms with Gasteiger partial charge >= 0.3 is 6.03 Å². The third-order valence-corrected chi connectivity index (χ3v) is 4.38. The van der Waals surface area contributed by atoms with Crippen molar-refractivity contribution in [2.45, 2.75) is 24.9 Å². The van der Waals surface area contributed by atoms with Crippen LogP contribution in [0.15, 0.2) is 52.9 Å². The first-order chi connectivity index (χ1) is 12.1. The zero-order valence-corrected chi connectivity index (χ0v) is 13.3. The van der Waals surface area contributed by atoms with Gasteiger partial charge in [0.1, 0.15) is 23.0 Å². The lowest BCUT2D eigenvalue weighted by atomic mass is 10.1. The summed E-state index contributed by atoms with van der Waals surface area (Å²) in [7, 11) is 0. The topological polar surface area (TPSA) is 54.3 Å². The van der Waals surface area contributed by atoms with Gasteiger partial charge in [-0.2, -0.15) is 0 Å². The van der Waals surface area contributed by atoms with Gasteiger partial charge in [0.15, 0.2) is 0 Å². The molecule has 2 unspecified atom stereocenters. The number of nitrogens with one attached hydrogen (secondary N) is 2. The lowest BCUT2D eigenvalue weighted by Crippen LogP contribution is -2.36. The third kappa shape index (κ3) is 3.20. The maximum Gasteiger partial charge on any atom is 0.315 e. The van der Waals surface area contributed by atoms with E-state index in [0.29, 0.717) is 12.2 Å². The molecule has 2 N–H and O–H groups in total. The number of carbonyl (C=O) groups is 1. The summed E-state index contributed by atoms with van der Waals surface area (Å²) in [4.78, 5) is 12.0. The standard InChI is InChI=1S/C19H16F2N2O2/c20-14-5-3-6-15(21)18(14)13-9-16(13)23-19(24)22-10-12-8-11-4-1-2-7-17(11)25-12/h1-8,13,16H,9-10H2,(H2,22,23,24). The van der Waals surface area contributed by atoms with Crippen molar-refractivity contribution in [3.8, 4) is 0 Å². The third-order valence-electron chi connectivity index (χ3n) is 4.38. The highest BCUT2D eigenvalue weighted by Gasteiger charge is 2.42. The Balaban J connectivity index is 1.33. The first kappa shape index (κ1) is 15.6. The molecule has 1 aromatic heterocycles. The van der Waals surface area contributed by atoms with Gasteiger partial charge in [0.25, 0.3) is 0 Å². The van der Waals surface area contributed by atoms with E-state index in [0.717, 1.165) is 11.0 Å². The summed E-state index contributed by atoms with van der Waals surface area (Å²) < 4.78 is 33.1. The molecule has 0 saturated heterocycles. The monoisotopic (exact) mass is 342 g/mol. The number of hydrogen-bond acceptors (Lipinski definition) is 2. The maximum absolute atomic E-state index is 13.7. The summed E-state index contributed by atoms with van der Waals surface area (Å²) in [6, 6.07) is 12.6. The fourth-order valence-corrected chi connectivity index (χ4v) is 3.05. The number of carbonyl (C=O) groups excluding carboxylic acids is 1. The highest BCUT2D eigenvalue weighted by molar-refractivity contribution is 5.78. The van der Waals surface area contributed by atoms with Crippen molar-refractivity contribution in [3.05, 3.63) is 71.5 Å². The molecule has 25 heavy (non-hydrogen) atoms. The quantitative estimate of drug-likeness (QED) is 0.751. The van der Waals surface area contributed by atoms with E-state index in [1.54, 1.807) is 0 Å². The second-order valence-electron chi connectivity index (χ2n) is 6.16. The Bertz CT molecular complexity index is 885. The first-order valence-electron chi connectivity index (χ1n) is 8.07. The predicted molar refractivity (Wildman–Crippen MR) is 89.1 cm³/mol. The number of hydrogen-bond donors (Lipinski definition) is 2. The second kappa shape index (κ2) is 6.20. The van der Waals surface area contributed by atoms with Crippen molar-refractivity contribution >= 4 is 17.0 Å². The summed E-state index contributed by atoms with van der Waals surface area (Å²) in [5, 5.41) is 6.41. The molecule has 1 fully saturated rings. The SMILES string of the molecule is O=C(NCc1cc2ccccc2o1)NC1CC1c1c(F)cccc1F. The molecule has 2 aromatic carbocycles. The van der Waals surface area contributed by atoms with Gasteiger partial charge < -0.3 is 15.1 Å². The van der Waals surface area contributed by atoms with Gasteiger partial charge in [0.05, 0.1) is 6.54 Å². The van der Waals surface area contributed by atoms with E-state index >= 15 is 0 Å². The molecule has 1 heterocycles. The Hall–Kier alpha value is -2.89. The van der Waals surface area contributed by atoms with Crippen LogP contribution in [-0.4, -0.2) is 12.1 Å². The average Bonchev–Trinajstić information content (AvgIpc) is 3.19. The Morgan fingerprint density at radius 1 is 1.12 bits per heavy atom. The molecule has 1 aliphatic rings. The van der Waals surface area contributed by atoms with E-state index in [-0.39, 0.29) is 30.1 Å². The normalized spacial score (nSPS) is 19.0. The van der Waals surface area contributed by atoms with Crippen LogP contribution in [0.25, 0.3) is 11.0 Å². The van der Waals surface area contributed by atoms with Crippen LogP contribution in [-0.2, 0) is 6.54 Å². The largest absolute Gasteiger partial charge is 0.459 e. The van der Waals surface area contributed by atoms with Crippen LogP contribution in [0.5, 0.6) is 0 Å². The first-order valence-corrected chi connectivity index (χ1v) is 8.07. The van der Waals surface area contributed by atoms with Crippen LogP contribution in [0.2, 0.25) is 0 Å². The van der Waals surface area contributed by atoms with Crippen LogP contribution in [0.4, 0.5) is 13.6 Å². The van der Waals surface area contributed by atoms with Crippen LogP contribution < -0.4 is 10.6 Å². The van der Waals surface area contributed by atoms with Crippen molar-refractivity contribution in [3.63, 3.8) is 0 Å². The number of amides is 2. The number of urea groups is 1. The molecule has 1 aliphatic carbocycles. The molecule has 3 aromatic rings. The van der Waals surface area contributed by atoms with Crippen LogP contribution in [0, 0.1) is 11.6 Å². The van der Waals surface area contributed by atoms with Crippen LogP contribution in [0.3, 0.4) is 0 Å². The van der Waals surface area contributed by atoms with Crippen molar-refractivity contribution in [1.82, 2.24) is 10.6 Å². The molecule has 0 spiro atoms. The van der Waals surface area contributed by atoms with E-state index < -0.39 is 11.6 Å². The highest BCUT2D eigenvalue weighted by Crippen LogP contribution is 2.43. The molecule has 128 valence electrons. The fourth-order valence-electron chi connectivity index (χ4n) is 3.05. The molecule has 2 atom stereocenters. The summed E-state index contributed by atoms with van der Waals surface area (Å²) in [6.45, 7) is 0.242. The van der Waals surface area contributed by atoms with Gasteiger partial charge in [0.2, 0.25) is 0 Å². The lowest BCUT2D eigenvalue weighted by Gasteiger charge is -2.07. The van der Waals surface area contributed by atoms with Gasteiger partial charge in [-0.25, -0.2) is 13.6 Å². The Kier molecular flexibility index (Phi) is 3.87. The number of rotatable bonds is 4. The molecule has 0 radical (unpaired) electrons. The molecule has 4 rings (SSSR count). The number of furan rings is 1. The van der Waals surface area contributed by atoms with Crippen molar-refractivity contribution in [2.24, 2.45) is 0 Å². The van der Waals surface area contributed by atoms with Gasteiger partial charge in [-0.15, -0.1) is 0 Å². The van der Waals surface area contributed by atoms with E-state index in [1.807, 2.05) is 30.3 Å². The minimum atomic E-state index is -0.572. The Morgan fingerprint density at radius 3 is 2.64 bits per heavy atom. The van der Waals surface area contributed by atoms with E-state index in [1.165, 1.54) is 18.2 Å². The summed E-state index contributed by atoms with van der Waals surface area (Å²) in [5.74, 6) is -0.823. The molecule has 6 heteroatoms. The van der Waals surface area contributed by atoms with Gasteiger partial charge in [-0.05, 0) is 30.7 Å². The molecular weight excluding hydrogens is 326 g/mol. The zero-order chi connectivity index (χ0) is 17.4. The minimum absolute atomic E-state index is 0.0464. The van der Waals surface area contributed by atoms with Gasteiger partial charge in [-0.3, -0.25) is 0 Å². The van der Waals surface area contributed by atoms with E-state index in [2.05, 4.69) is 10.6 Å². The second-order valence-corrected chi connectivity index (χ2v) is 6.16. The molecule has 0 bridgehead atoms. The minimum Gasteiger partial charge on any atom is -0.459 e. The van der Waals surface area contributed by atoms with Crippen molar-refractivity contribution < 1.29 is 18.0 Å². The number of para-hydroxylation sites is 1. The lowest BCUT2D eigenvalue weighted by molar-refractivity contribution is 0.239. The van der Waals surface area contributed by atoms with E-state index in [4.69, 9.17) is 4.42 Å².